The normalized spacial score (nSPS) is 19.2. The fraction of sp³-hybridized carbons (Fsp3) is 0.162. The standard InChI is InChI=1S/C37H31BrN2O/c1-24-12-18-35-33(20-24)31-10-5-11-32(31)37(40-35)27-14-16-29(17-15-27)39-22-25-13-19-36(34(38)21-25)41-23-28-8-4-7-26-6-2-3-9-30(26)28/h2-10,12-22,31-32,37,40H,11,23H2,1H3/t31-,32-,37+/m1/s1. The fourth-order valence-electron chi connectivity index (χ4n) is 6.25. The molecule has 202 valence electrons. The molecule has 1 heterocycles. The van der Waals surface area contributed by atoms with Gasteiger partial charge in [0, 0.05) is 17.8 Å². The van der Waals surface area contributed by atoms with Crippen LogP contribution in [-0.2, 0) is 6.61 Å². The van der Waals surface area contributed by atoms with Crippen molar-refractivity contribution in [1.82, 2.24) is 0 Å². The molecule has 0 amide bonds. The third-order valence-corrected chi connectivity index (χ3v) is 8.97. The zero-order valence-electron chi connectivity index (χ0n) is 22.9. The molecule has 4 heteroatoms. The van der Waals surface area contributed by atoms with Crippen LogP contribution in [0.15, 0.2) is 125 Å². The number of ether oxygens (including phenoxy) is 1. The van der Waals surface area contributed by atoms with Crippen LogP contribution in [0, 0.1) is 12.8 Å². The highest BCUT2D eigenvalue weighted by molar-refractivity contribution is 9.10. The van der Waals surface area contributed by atoms with Gasteiger partial charge >= 0.3 is 0 Å². The first-order chi connectivity index (χ1) is 20.1. The van der Waals surface area contributed by atoms with Gasteiger partial charge in [0.2, 0.25) is 0 Å². The monoisotopic (exact) mass is 598 g/mol. The van der Waals surface area contributed by atoms with Gasteiger partial charge in [-0.25, -0.2) is 0 Å². The Morgan fingerprint density at radius 3 is 2.66 bits per heavy atom. The Labute approximate surface area is 249 Å². The highest BCUT2D eigenvalue weighted by Crippen LogP contribution is 2.50. The van der Waals surface area contributed by atoms with Crippen molar-refractivity contribution in [3.8, 4) is 5.75 Å². The highest BCUT2D eigenvalue weighted by Gasteiger charge is 2.37. The maximum atomic E-state index is 6.18. The predicted molar refractivity (Wildman–Crippen MR) is 174 cm³/mol. The molecule has 5 aromatic carbocycles. The number of aryl methyl sites for hydroxylation is 1. The third kappa shape index (κ3) is 5.20. The lowest BCUT2D eigenvalue weighted by Crippen LogP contribution is -2.29. The molecule has 0 fully saturated rings. The maximum absolute atomic E-state index is 6.18. The summed E-state index contributed by atoms with van der Waals surface area (Å²) in [4.78, 5) is 4.75. The summed E-state index contributed by atoms with van der Waals surface area (Å²) in [7, 11) is 0. The minimum atomic E-state index is 0.292. The van der Waals surface area contributed by atoms with E-state index in [1.165, 1.54) is 38.7 Å². The Balaban J connectivity index is 1.03. The smallest absolute Gasteiger partial charge is 0.134 e. The molecule has 0 bridgehead atoms. The Morgan fingerprint density at radius 1 is 0.927 bits per heavy atom. The van der Waals surface area contributed by atoms with Crippen molar-refractivity contribution in [2.45, 2.75) is 31.9 Å². The molecule has 0 aromatic heterocycles. The maximum Gasteiger partial charge on any atom is 0.134 e. The minimum absolute atomic E-state index is 0.292. The van der Waals surface area contributed by atoms with E-state index in [0.29, 0.717) is 24.5 Å². The number of rotatable bonds is 6. The van der Waals surface area contributed by atoms with Crippen molar-refractivity contribution in [3.63, 3.8) is 0 Å². The van der Waals surface area contributed by atoms with Crippen molar-refractivity contribution in [2.75, 3.05) is 5.32 Å². The first kappa shape index (κ1) is 25.8. The lowest BCUT2D eigenvalue weighted by Gasteiger charge is -2.37. The van der Waals surface area contributed by atoms with Crippen LogP contribution < -0.4 is 10.1 Å². The second-order valence-electron chi connectivity index (χ2n) is 11.0. The van der Waals surface area contributed by atoms with Crippen LogP contribution in [0.1, 0.15) is 46.2 Å². The zero-order chi connectivity index (χ0) is 27.8. The highest BCUT2D eigenvalue weighted by atomic mass is 79.9. The summed E-state index contributed by atoms with van der Waals surface area (Å²) >= 11 is 3.69. The number of fused-ring (bicyclic) bond motifs is 4. The molecule has 41 heavy (non-hydrogen) atoms. The summed E-state index contributed by atoms with van der Waals surface area (Å²) in [5, 5.41) is 6.28. The molecule has 0 unspecified atom stereocenters. The summed E-state index contributed by atoms with van der Waals surface area (Å²) in [6.07, 6.45) is 7.75. The van der Waals surface area contributed by atoms with Crippen molar-refractivity contribution in [3.05, 3.63) is 148 Å². The Hall–Kier alpha value is -4.15. The average molecular weight is 600 g/mol. The second kappa shape index (κ2) is 11.0. The predicted octanol–water partition coefficient (Wildman–Crippen LogP) is 10.1. The van der Waals surface area contributed by atoms with Gasteiger partial charge in [0.1, 0.15) is 12.4 Å². The van der Waals surface area contributed by atoms with Gasteiger partial charge in [0.25, 0.3) is 0 Å². The molecule has 5 aromatic rings. The van der Waals surface area contributed by atoms with Crippen molar-refractivity contribution < 1.29 is 4.74 Å². The number of anilines is 1. The Bertz CT molecular complexity index is 1780. The molecular formula is C37H31BrN2O. The molecular weight excluding hydrogens is 568 g/mol. The number of hydrogen-bond acceptors (Lipinski definition) is 3. The van der Waals surface area contributed by atoms with E-state index >= 15 is 0 Å². The summed E-state index contributed by atoms with van der Waals surface area (Å²) in [6, 6.07) is 36.6. The van der Waals surface area contributed by atoms with E-state index in [9.17, 15) is 0 Å². The number of aliphatic imine (C=N–C) groups is 1. The SMILES string of the molecule is Cc1ccc2c(c1)[C@@H]1C=CC[C@H]1[C@H](c1ccc(N=Cc3ccc(OCc4cccc5ccccc45)c(Br)c3)cc1)N2. The molecule has 2 aliphatic rings. The number of nitrogens with one attached hydrogen (secondary N) is 1. The fourth-order valence-corrected chi connectivity index (χ4v) is 6.76. The number of nitrogens with zero attached hydrogens (tertiary/aromatic N) is 1. The van der Waals surface area contributed by atoms with E-state index in [2.05, 4.69) is 131 Å². The zero-order valence-corrected chi connectivity index (χ0v) is 24.5. The molecule has 1 aliphatic carbocycles. The van der Waals surface area contributed by atoms with E-state index in [0.717, 1.165) is 27.9 Å². The van der Waals surface area contributed by atoms with Gasteiger partial charge in [-0.15, -0.1) is 0 Å². The first-order valence-corrected chi connectivity index (χ1v) is 15.0. The number of allylic oxidation sites excluding steroid dienone is 2. The molecule has 0 saturated heterocycles. The molecule has 3 nitrogen and oxygen atoms in total. The quantitative estimate of drug-likeness (QED) is 0.156. The summed E-state index contributed by atoms with van der Waals surface area (Å²) < 4.78 is 7.09. The Kier molecular flexibility index (Phi) is 6.93. The van der Waals surface area contributed by atoms with E-state index in [4.69, 9.17) is 9.73 Å². The molecule has 0 radical (unpaired) electrons. The molecule has 1 aliphatic heterocycles. The van der Waals surface area contributed by atoms with Gasteiger partial charge in [0.05, 0.1) is 16.2 Å². The van der Waals surface area contributed by atoms with Gasteiger partial charge in [-0.05, 0) is 105 Å². The van der Waals surface area contributed by atoms with Crippen LogP contribution in [0.4, 0.5) is 11.4 Å². The number of halogens is 1. The number of benzene rings is 5. The molecule has 1 N–H and O–H groups in total. The minimum Gasteiger partial charge on any atom is -0.488 e. The van der Waals surface area contributed by atoms with Crippen LogP contribution in [-0.4, -0.2) is 6.21 Å². The summed E-state index contributed by atoms with van der Waals surface area (Å²) in [5.74, 6) is 1.83. The lowest BCUT2D eigenvalue weighted by atomic mass is 9.76. The first-order valence-electron chi connectivity index (χ1n) is 14.2. The van der Waals surface area contributed by atoms with Crippen molar-refractivity contribution in [2.24, 2.45) is 10.9 Å². The second-order valence-corrected chi connectivity index (χ2v) is 11.9. The third-order valence-electron chi connectivity index (χ3n) is 8.35. The van der Waals surface area contributed by atoms with Gasteiger partial charge < -0.3 is 10.1 Å². The molecule has 0 saturated carbocycles. The van der Waals surface area contributed by atoms with Crippen LogP contribution >= 0.6 is 15.9 Å². The number of hydrogen-bond donors (Lipinski definition) is 1. The molecule has 3 atom stereocenters. The average Bonchev–Trinajstić information content (AvgIpc) is 3.50. The van der Waals surface area contributed by atoms with E-state index in [1.54, 1.807) is 0 Å². The van der Waals surface area contributed by atoms with E-state index in [-0.39, 0.29) is 0 Å². The summed E-state index contributed by atoms with van der Waals surface area (Å²) in [5.41, 5.74) is 8.44. The Morgan fingerprint density at radius 2 is 1.78 bits per heavy atom. The topological polar surface area (TPSA) is 33.6 Å². The van der Waals surface area contributed by atoms with E-state index < -0.39 is 0 Å². The lowest BCUT2D eigenvalue weighted by molar-refractivity contribution is 0.305. The van der Waals surface area contributed by atoms with Crippen LogP contribution in [0.5, 0.6) is 5.75 Å². The van der Waals surface area contributed by atoms with Crippen LogP contribution in [0.3, 0.4) is 0 Å². The van der Waals surface area contributed by atoms with E-state index in [1.807, 2.05) is 18.3 Å². The van der Waals surface area contributed by atoms with Crippen LogP contribution in [0.25, 0.3) is 10.8 Å². The van der Waals surface area contributed by atoms with Gasteiger partial charge in [-0.1, -0.05) is 84.4 Å². The summed E-state index contributed by atoms with van der Waals surface area (Å²) in [6.45, 7) is 2.69. The van der Waals surface area contributed by atoms with Gasteiger partial charge in [0.15, 0.2) is 0 Å². The van der Waals surface area contributed by atoms with Gasteiger partial charge in [-0.2, -0.15) is 0 Å². The van der Waals surface area contributed by atoms with Gasteiger partial charge in [-0.3, -0.25) is 4.99 Å². The molecule has 0 spiro atoms. The van der Waals surface area contributed by atoms with Crippen LogP contribution in [0.2, 0.25) is 0 Å². The van der Waals surface area contributed by atoms with Crippen molar-refractivity contribution >= 4 is 44.3 Å². The largest absolute Gasteiger partial charge is 0.488 e. The molecule has 7 rings (SSSR count). The van der Waals surface area contributed by atoms with Crippen molar-refractivity contribution in [1.29, 1.82) is 0 Å².